The molecule has 0 unspecified atom stereocenters. The summed E-state index contributed by atoms with van der Waals surface area (Å²) in [6.45, 7) is 6.28. The fraction of sp³-hybridized carbons (Fsp3) is 0.240. The smallest absolute Gasteiger partial charge is 0.319 e. The Morgan fingerprint density at radius 1 is 0.971 bits per heavy atom. The van der Waals surface area contributed by atoms with Crippen LogP contribution in [0.1, 0.15) is 34.6 Å². The van der Waals surface area contributed by atoms with E-state index >= 15 is 0 Å². The van der Waals surface area contributed by atoms with Crippen LogP contribution in [0.25, 0.3) is 5.65 Å². The van der Waals surface area contributed by atoms with Crippen LogP contribution in [-0.2, 0) is 17.8 Å². The molecule has 174 valence electrons. The topological polar surface area (TPSA) is 113 Å². The van der Waals surface area contributed by atoms with Gasteiger partial charge in [0.1, 0.15) is 0 Å². The number of amides is 3. The Bertz CT molecular complexity index is 1330. The third kappa shape index (κ3) is 5.55. The van der Waals surface area contributed by atoms with Crippen LogP contribution in [0.2, 0.25) is 0 Å². The van der Waals surface area contributed by atoms with Crippen molar-refractivity contribution < 1.29 is 9.59 Å². The molecule has 4 rings (SSSR count). The summed E-state index contributed by atoms with van der Waals surface area (Å²) >= 11 is 0. The number of benzene rings is 1. The number of fused-ring (bicyclic) bond motifs is 1. The molecule has 34 heavy (non-hydrogen) atoms. The second-order valence-electron chi connectivity index (χ2n) is 8.11. The number of urea groups is 1. The normalized spacial score (nSPS) is 10.8. The molecule has 0 aliphatic carbocycles. The van der Waals surface area contributed by atoms with Crippen molar-refractivity contribution in [3.05, 3.63) is 83.1 Å². The highest BCUT2D eigenvalue weighted by Crippen LogP contribution is 2.19. The quantitative estimate of drug-likeness (QED) is 0.389. The molecule has 0 atom stereocenters. The number of nitrogens with zero attached hydrogens (tertiary/aromatic N) is 4. The van der Waals surface area contributed by atoms with Crippen molar-refractivity contribution in [3.63, 3.8) is 0 Å². The van der Waals surface area contributed by atoms with Gasteiger partial charge in [0.15, 0.2) is 5.65 Å². The van der Waals surface area contributed by atoms with Crippen molar-refractivity contribution in [2.45, 2.75) is 40.2 Å². The third-order valence-corrected chi connectivity index (χ3v) is 5.49. The number of aryl methyl sites for hydroxylation is 3. The third-order valence-electron chi connectivity index (χ3n) is 5.49. The van der Waals surface area contributed by atoms with E-state index in [1.807, 2.05) is 43.5 Å². The summed E-state index contributed by atoms with van der Waals surface area (Å²) in [4.78, 5) is 33.4. The van der Waals surface area contributed by atoms with E-state index in [2.05, 4.69) is 31.0 Å². The maximum absolute atomic E-state index is 12.6. The highest BCUT2D eigenvalue weighted by atomic mass is 16.2. The minimum atomic E-state index is -0.331. The van der Waals surface area contributed by atoms with Crippen LogP contribution in [0.5, 0.6) is 0 Å². The number of anilines is 2. The summed E-state index contributed by atoms with van der Waals surface area (Å²) in [7, 11) is 0. The lowest BCUT2D eigenvalue weighted by Crippen LogP contribution is -2.28. The van der Waals surface area contributed by atoms with E-state index in [4.69, 9.17) is 0 Å². The first kappa shape index (κ1) is 22.9. The first-order valence-corrected chi connectivity index (χ1v) is 11.0. The van der Waals surface area contributed by atoms with Gasteiger partial charge in [-0.15, -0.1) is 0 Å². The summed E-state index contributed by atoms with van der Waals surface area (Å²) in [6, 6.07) is 12.3. The molecular weight excluding hydrogens is 430 g/mol. The molecule has 3 N–H and O–H groups in total. The van der Waals surface area contributed by atoms with Gasteiger partial charge < -0.3 is 16.0 Å². The SMILES string of the molecule is Cc1cc2nc(C)c(CCC(=O)Nc3cccc(NC(=O)NCc4ccncc4)c3)c(C)n2n1. The summed E-state index contributed by atoms with van der Waals surface area (Å²) in [5, 5.41) is 13.0. The maximum atomic E-state index is 12.6. The van der Waals surface area contributed by atoms with Gasteiger partial charge in [-0.2, -0.15) is 5.10 Å². The highest BCUT2D eigenvalue weighted by Gasteiger charge is 2.13. The Morgan fingerprint density at radius 3 is 2.47 bits per heavy atom. The number of carbonyl (C=O) groups is 2. The molecule has 0 saturated carbocycles. The van der Waals surface area contributed by atoms with Gasteiger partial charge in [0, 0.05) is 54.2 Å². The molecule has 9 heteroatoms. The standard InChI is InChI=1S/C25H27N7O2/c1-16-13-23-28-17(2)22(18(3)32(23)31-16)7-8-24(33)29-20-5-4-6-21(14-20)30-25(34)27-15-19-9-11-26-12-10-19/h4-6,9-14H,7-8,15H2,1-3H3,(H,29,33)(H2,27,30,34). The number of nitrogens with one attached hydrogen (secondary N) is 3. The van der Waals surface area contributed by atoms with Crippen LogP contribution in [0.15, 0.2) is 54.9 Å². The first-order valence-electron chi connectivity index (χ1n) is 11.0. The molecule has 4 aromatic rings. The number of rotatable bonds is 7. The number of hydrogen-bond donors (Lipinski definition) is 3. The number of pyridine rings is 1. The molecule has 0 fully saturated rings. The molecule has 0 radical (unpaired) electrons. The highest BCUT2D eigenvalue weighted by molar-refractivity contribution is 5.93. The van der Waals surface area contributed by atoms with E-state index in [0.717, 1.165) is 33.9 Å². The molecule has 0 bridgehead atoms. The van der Waals surface area contributed by atoms with Gasteiger partial charge in [0.25, 0.3) is 0 Å². The van der Waals surface area contributed by atoms with Crippen LogP contribution in [0.3, 0.4) is 0 Å². The van der Waals surface area contributed by atoms with E-state index in [-0.39, 0.29) is 11.9 Å². The molecule has 3 heterocycles. The van der Waals surface area contributed by atoms with Gasteiger partial charge in [-0.25, -0.2) is 14.3 Å². The predicted octanol–water partition coefficient (Wildman–Crippen LogP) is 3.94. The van der Waals surface area contributed by atoms with Crippen molar-refractivity contribution in [1.29, 1.82) is 0 Å². The lowest BCUT2D eigenvalue weighted by molar-refractivity contribution is -0.116. The van der Waals surface area contributed by atoms with Gasteiger partial charge >= 0.3 is 6.03 Å². The van der Waals surface area contributed by atoms with Crippen LogP contribution in [0, 0.1) is 20.8 Å². The summed E-state index contributed by atoms with van der Waals surface area (Å²) in [6.07, 6.45) is 4.22. The van der Waals surface area contributed by atoms with Gasteiger partial charge in [0.2, 0.25) is 5.91 Å². The van der Waals surface area contributed by atoms with Gasteiger partial charge in [0.05, 0.1) is 5.69 Å². The second kappa shape index (κ2) is 10.1. The van der Waals surface area contributed by atoms with Crippen LogP contribution >= 0.6 is 0 Å². The number of hydrogen-bond acceptors (Lipinski definition) is 5. The molecule has 1 aromatic carbocycles. The summed E-state index contributed by atoms with van der Waals surface area (Å²) in [5.41, 5.74) is 6.79. The van der Waals surface area contributed by atoms with E-state index in [9.17, 15) is 9.59 Å². The molecular formula is C25H27N7O2. The largest absolute Gasteiger partial charge is 0.334 e. The van der Waals surface area contributed by atoms with Crippen molar-refractivity contribution in [3.8, 4) is 0 Å². The Morgan fingerprint density at radius 2 is 1.71 bits per heavy atom. The van der Waals surface area contributed by atoms with Crippen molar-refractivity contribution in [1.82, 2.24) is 24.9 Å². The summed E-state index contributed by atoms with van der Waals surface area (Å²) < 4.78 is 1.82. The van der Waals surface area contributed by atoms with E-state index in [1.165, 1.54) is 0 Å². The van der Waals surface area contributed by atoms with E-state index in [0.29, 0.717) is 30.8 Å². The zero-order valence-corrected chi connectivity index (χ0v) is 19.4. The minimum Gasteiger partial charge on any atom is -0.334 e. The van der Waals surface area contributed by atoms with E-state index < -0.39 is 0 Å². The van der Waals surface area contributed by atoms with Gasteiger partial charge in [-0.05, 0) is 68.7 Å². The fourth-order valence-corrected chi connectivity index (χ4v) is 3.80. The van der Waals surface area contributed by atoms with Crippen molar-refractivity contribution in [2.75, 3.05) is 10.6 Å². The lowest BCUT2D eigenvalue weighted by Gasteiger charge is -2.12. The number of carbonyl (C=O) groups excluding carboxylic acids is 2. The molecule has 0 aliphatic rings. The molecule has 3 aromatic heterocycles. The Kier molecular flexibility index (Phi) is 6.82. The average molecular weight is 458 g/mol. The van der Waals surface area contributed by atoms with Gasteiger partial charge in [-0.1, -0.05) is 6.07 Å². The van der Waals surface area contributed by atoms with Gasteiger partial charge in [-0.3, -0.25) is 9.78 Å². The molecule has 3 amide bonds. The van der Waals surface area contributed by atoms with E-state index in [1.54, 1.807) is 36.7 Å². The Labute approximate surface area is 197 Å². The van der Waals surface area contributed by atoms with Crippen LogP contribution < -0.4 is 16.0 Å². The first-order chi connectivity index (χ1) is 16.4. The minimum absolute atomic E-state index is 0.116. The molecule has 0 saturated heterocycles. The Hall–Kier alpha value is -4.27. The zero-order chi connectivity index (χ0) is 24.1. The second-order valence-corrected chi connectivity index (χ2v) is 8.11. The van der Waals surface area contributed by atoms with Crippen LogP contribution in [0.4, 0.5) is 16.2 Å². The average Bonchev–Trinajstić information content (AvgIpc) is 3.18. The zero-order valence-electron chi connectivity index (χ0n) is 19.4. The van der Waals surface area contributed by atoms with Crippen molar-refractivity contribution in [2.24, 2.45) is 0 Å². The lowest BCUT2D eigenvalue weighted by atomic mass is 10.1. The monoisotopic (exact) mass is 457 g/mol. The molecule has 9 nitrogen and oxygen atoms in total. The Balaban J connectivity index is 1.33. The van der Waals surface area contributed by atoms with Crippen LogP contribution in [-0.4, -0.2) is 31.5 Å². The predicted molar refractivity (Wildman–Crippen MR) is 131 cm³/mol. The molecule has 0 aliphatic heterocycles. The summed E-state index contributed by atoms with van der Waals surface area (Å²) in [5.74, 6) is -0.116. The fourth-order valence-electron chi connectivity index (χ4n) is 3.80. The van der Waals surface area contributed by atoms with Crippen molar-refractivity contribution >= 4 is 29.0 Å². The maximum Gasteiger partial charge on any atom is 0.319 e. The number of aromatic nitrogens is 4. The molecule has 0 spiro atoms.